The number of fused-ring (bicyclic) bond motifs is 8. The Morgan fingerprint density at radius 2 is 0.550 bits per heavy atom. The second-order valence-corrected chi connectivity index (χ2v) is 9.01. The minimum Gasteiger partial charge on any atom is -0.307 e. The van der Waals surface area contributed by atoms with Gasteiger partial charge in [0, 0.05) is 26.2 Å². The number of pyridine rings is 4. The van der Waals surface area contributed by atoms with Gasteiger partial charge in [-0.25, -0.2) is 19.9 Å². The molecule has 4 aromatic rings. The van der Waals surface area contributed by atoms with Gasteiger partial charge in [0.15, 0.2) is 0 Å². The molecule has 0 fully saturated rings. The molecule has 0 atom stereocenters. The van der Waals surface area contributed by atoms with Crippen LogP contribution in [0.1, 0.15) is 0 Å². The molecule has 8 bridgehead atoms. The van der Waals surface area contributed by atoms with E-state index in [0.717, 1.165) is 46.5 Å². The summed E-state index contributed by atoms with van der Waals surface area (Å²) in [6, 6.07) is 23.7. The first-order valence-electron chi connectivity index (χ1n) is 13.1. The zero-order valence-electron chi connectivity index (χ0n) is 22.5. The third kappa shape index (κ3) is 5.33. The van der Waals surface area contributed by atoms with Gasteiger partial charge in [0.25, 0.3) is 0 Å². The summed E-state index contributed by atoms with van der Waals surface area (Å²) < 4.78 is 0. The average Bonchev–Trinajstić information content (AvgIpc) is 3.00. The van der Waals surface area contributed by atoms with Gasteiger partial charge in [-0.15, -0.1) is 26.3 Å². The van der Waals surface area contributed by atoms with Gasteiger partial charge in [-0.05, 0) is 48.5 Å². The first-order chi connectivity index (χ1) is 19.7. The summed E-state index contributed by atoms with van der Waals surface area (Å²) in [7, 11) is 0. The van der Waals surface area contributed by atoms with Crippen molar-refractivity contribution in [2.45, 2.75) is 0 Å². The highest BCUT2D eigenvalue weighted by molar-refractivity contribution is 5.69. The van der Waals surface area contributed by atoms with Gasteiger partial charge in [-0.3, -0.25) is 0 Å². The van der Waals surface area contributed by atoms with E-state index in [9.17, 15) is 0 Å². The molecule has 0 saturated carbocycles. The summed E-state index contributed by atoms with van der Waals surface area (Å²) in [5.41, 5.74) is 0. The van der Waals surface area contributed by atoms with Crippen molar-refractivity contribution in [2.24, 2.45) is 0 Å². The molecule has 8 heteroatoms. The third-order valence-corrected chi connectivity index (χ3v) is 6.34. The first-order valence-corrected chi connectivity index (χ1v) is 13.1. The summed E-state index contributed by atoms with van der Waals surface area (Å²) in [6.45, 7) is 18.0. The van der Waals surface area contributed by atoms with Crippen molar-refractivity contribution < 1.29 is 0 Å². The minimum absolute atomic E-state index is 0.522. The summed E-state index contributed by atoms with van der Waals surface area (Å²) in [5.74, 6) is 5.91. The molecule has 4 aromatic heterocycles. The molecule has 0 aliphatic carbocycles. The van der Waals surface area contributed by atoms with Crippen LogP contribution in [-0.2, 0) is 0 Å². The third-order valence-electron chi connectivity index (χ3n) is 6.34. The molecule has 0 saturated heterocycles. The second kappa shape index (κ2) is 12.1. The van der Waals surface area contributed by atoms with Gasteiger partial charge in [0.05, 0.1) is 0 Å². The van der Waals surface area contributed by atoms with Crippen molar-refractivity contribution in [3.8, 4) is 0 Å². The normalized spacial score (nSPS) is 12.6. The lowest BCUT2D eigenvalue weighted by Gasteiger charge is -2.29. The molecule has 1 aliphatic heterocycles. The van der Waals surface area contributed by atoms with Crippen LogP contribution >= 0.6 is 0 Å². The number of hydrogen-bond acceptors (Lipinski definition) is 8. The van der Waals surface area contributed by atoms with Crippen molar-refractivity contribution in [1.82, 2.24) is 19.9 Å². The molecular weight excluding hydrogens is 496 g/mol. The number of hydrogen-bond donors (Lipinski definition) is 0. The van der Waals surface area contributed by atoms with E-state index in [1.54, 1.807) is 0 Å². The van der Waals surface area contributed by atoms with Crippen LogP contribution in [0.4, 0.5) is 46.5 Å². The van der Waals surface area contributed by atoms with Crippen molar-refractivity contribution in [1.29, 1.82) is 0 Å². The van der Waals surface area contributed by atoms with E-state index in [1.165, 1.54) is 0 Å². The molecule has 0 N–H and O–H groups in total. The van der Waals surface area contributed by atoms with Crippen molar-refractivity contribution in [3.05, 3.63) is 123 Å². The molecule has 8 nitrogen and oxygen atoms in total. The molecular formula is C32H32N8. The zero-order chi connectivity index (χ0) is 27.9. The minimum atomic E-state index is 0.522. The summed E-state index contributed by atoms with van der Waals surface area (Å²) >= 11 is 0. The van der Waals surface area contributed by atoms with E-state index >= 15 is 0 Å². The Kier molecular flexibility index (Phi) is 7.97. The number of nitrogens with zero attached hydrogens (tertiary/aromatic N) is 8. The van der Waals surface area contributed by atoms with Crippen LogP contribution in [0.5, 0.6) is 0 Å². The monoisotopic (exact) mass is 528 g/mol. The van der Waals surface area contributed by atoms with Gasteiger partial charge in [0.1, 0.15) is 46.5 Å². The summed E-state index contributed by atoms with van der Waals surface area (Å²) in [4.78, 5) is 28.3. The molecule has 0 aromatic carbocycles. The molecule has 5 heterocycles. The van der Waals surface area contributed by atoms with Crippen LogP contribution in [0.3, 0.4) is 0 Å². The van der Waals surface area contributed by atoms with Gasteiger partial charge >= 0.3 is 0 Å². The van der Waals surface area contributed by atoms with Crippen molar-refractivity contribution >= 4 is 46.5 Å². The van der Waals surface area contributed by atoms with Gasteiger partial charge in [0.2, 0.25) is 0 Å². The Hall–Kier alpha value is -5.24. The smallest absolute Gasteiger partial charge is 0.136 e. The predicted octanol–water partition coefficient (Wildman–Crippen LogP) is 6.88. The Balaban J connectivity index is 1.79. The maximum absolute atomic E-state index is 5.05. The average molecular weight is 529 g/mol. The van der Waals surface area contributed by atoms with Gasteiger partial charge in [-0.2, -0.15) is 0 Å². The van der Waals surface area contributed by atoms with E-state index in [1.807, 2.05) is 117 Å². The Labute approximate surface area is 235 Å². The summed E-state index contributed by atoms with van der Waals surface area (Å²) in [6.07, 6.45) is 7.37. The lowest BCUT2D eigenvalue weighted by Crippen LogP contribution is -2.26. The molecule has 0 unspecified atom stereocenters. The van der Waals surface area contributed by atoms with E-state index in [2.05, 4.69) is 26.3 Å². The number of rotatable bonds is 8. The highest BCUT2D eigenvalue weighted by Crippen LogP contribution is 2.33. The fraction of sp³-hybridized carbons (Fsp3) is 0.125. The highest BCUT2D eigenvalue weighted by Gasteiger charge is 2.21. The summed E-state index contributed by atoms with van der Waals surface area (Å²) in [5, 5.41) is 0. The molecule has 0 amide bonds. The Morgan fingerprint density at radius 1 is 0.375 bits per heavy atom. The lowest BCUT2D eigenvalue weighted by molar-refractivity contribution is 0.939. The molecule has 0 radical (unpaired) electrons. The SMILES string of the molecule is C=CCN1c2cccc(n2)N(CC=C)c2cccc(n2)N(CC=C)c2cccc(n2)N(CC=C)c2cccc1n2. The Bertz CT molecular complexity index is 1220. The standard InChI is InChI=1S/C32H32N8/c1-5-21-37-25-13-9-15-27(33-25)38(22-6-2)29-17-11-19-31(35-29)40(24-8-4)32-20-12-18-30(36-32)39(23-7-3)28-16-10-14-26(37)34-28/h5-20H,1-4,21-24H2. The predicted molar refractivity (Wildman–Crippen MR) is 166 cm³/mol. The molecule has 200 valence electrons. The molecule has 0 spiro atoms. The van der Waals surface area contributed by atoms with Crippen LogP contribution in [0.15, 0.2) is 123 Å². The van der Waals surface area contributed by atoms with Crippen molar-refractivity contribution in [2.75, 3.05) is 45.8 Å². The Morgan fingerprint density at radius 3 is 0.700 bits per heavy atom. The van der Waals surface area contributed by atoms with Crippen LogP contribution in [-0.4, -0.2) is 46.1 Å². The van der Waals surface area contributed by atoms with Crippen molar-refractivity contribution in [3.63, 3.8) is 0 Å². The fourth-order valence-electron chi connectivity index (χ4n) is 4.59. The largest absolute Gasteiger partial charge is 0.307 e. The van der Waals surface area contributed by atoms with E-state index in [4.69, 9.17) is 19.9 Å². The van der Waals surface area contributed by atoms with Crippen LogP contribution in [0.2, 0.25) is 0 Å². The maximum Gasteiger partial charge on any atom is 0.136 e. The molecule has 40 heavy (non-hydrogen) atoms. The van der Waals surface area contributed by atoms with E-state index in [-0.39, 0.29) is 0 Å². The zero-order valence-corrected chi connectivity index (χ0v) is 22.5. The quantitative estimate of drug-likeness (QED) is 0.229. The maximum atomic E-state index is 5.05. The van der Waals surface area contributed by atoms with Crippen LogP contribution in [0, 0.1) is 0 Å². The first kappa shape index (κ1) is 26.4. The van der Waals surface area contributed by atoms with Crippen LogP contribution < -0.4 is 19.6 Å². The second-order valence-electron chi connectivity index (χ2n) is 9.01. The molecule has 1 aliphatic rings. The van der Waals surface area contributed by atoms with Crippen LogP contribution in [0.25, 0.3) is 0 Å². The van der Waals surface area contributed by atoms with Gasteiger partial charge in [-0.1, -0.05) is 48.6 Å². The topological polar surface area (TPSA) is 64.5 Å². The lowest BCUT2D eigenvalue weighted by atomic mass is 10.3. The van der Waals surface area contributed by atoms with E-state index in [0.29, 0.717) is 26.2 Å². The molecule has 5 rings (SSSR count). The fourth-order valence-corrected chi connectivity index (χ4v) is 4.59. The number of anilines is 8. The number of aromatic nitrogens is 4. The van der Waals surface area contributed by atoms with Gasteiger partial charge < -0.3 is 19.6 Å². The highest BCUT2D eigenvalue weighted by atomic mass is 15.3. The van der Waals surface area contributed by atoms with E-state index < -0.39 is 0 Å².